The Morgan fingerprint density at radius 1 is 1.01 bits per heavy atom. The summed E-state index contributed by atoms with van der Waals surface area (Å²) in [5, 5.41) is 62.1. The molecule has 22 heteroatoms. The van der Waals surface area contributed by atoms with Gasteiger partial charge in [-0.2, -0.15) is 0 Å². The number of aromatic nitrogens is 1. The number of nitrogens with one attached hydrogen (secondary N) is 2. The highest BCUT2D eigenvalue weighted by Crippen LogP contribution is 2.41. The summed E-state index contributed by atoms with van der Waals surface area (Å²) >= 11 is 1.39. The molecule has 20 atom stereocenters. The lowest BCUT2D eigenvalue weighted by atomic mass is 9.77. The Bertz CT molecular complexity index is 2200. The van der Waals surface area contributed by atoms with Crippen LogP contribution >= 0.6 is 11.3 Å². The van der Waals surface area contributed by atoms with Crippen LogP contribution < -0.4 is 16.7 Å². The maximum Gasteiger partial charge on any atom is 0.311 e. The van der Waals surface area contributed by atoms with E-state index in [4.69, 9.17) is 38.9 Å². The summed E-state index contributed by atoms with van der Waals surface area (Å²) in [5.41, 5.74) is 10.1. The summed E-state index contributed by atoms with van der Waals surface area (Å²) < 4.78 is 59.2. The van der Waals surface area contributed by atoms with E-state index in [1.807, 2.05) is 68.2 Å². The number of aliphatic hydroxyl groups is 5. The Kier molecular flexibility index (Phi) is 21.2. The SMILES string of the molecule is CC[C@H]1OC(=O)[C@H](C)[C@@H](O[C@H]2C[C@@](C)(OC)[C@@H](O)[C@H](C)O2)[C@H](C)[C@@H](O[C@@H]2O[C@H](C)C[C@H](N(C)CCC3=CN([C@H](CF)[C@H](OC)c4ccc(-c5cnc(N)s5)cc4)NN3)[C@H]2O)[C@](C)(O)C[C@@H](C)CN(C)[C@H](C)[C@@H](O)[C@]1(C)O. The van der Waals surface area contributed by atoms with Crippen molar-refractivity contribution in [2.75, 3.05) is 53.8 Å². The van der Waals surface area contributed by atoms with Crippen LogP contribution in [0.15, 0.2) is 42.4 Å². The third-order valence-electron chi connectivity index (χ3n) is 16.7. The molecule has 4 aliphatic heterocycles. The van der Waals surface area contributed by atoms with Crippen molar-refractivity contribution in [2.24, 2.45) is 17.8 Å². The second-order valence-electron chi connectivity index (χ2n) is 22.8. The summed E-state index contributed by atoms with van der Waals surface area (Å²) in [7, 11) is 6.79. The number of rotatable bonds is 16. The van der Waals surface area contributed by atoms with Crippen molar-refractivity contribution in [3.05, 3.63) is 47.9 Å². The third kappa shape index (κ3) is 14.0. The summed E-state index contributed by atoms with van der Waals surface area (Å²) in [4.78, 5) is 23.5. The Morgan fingerprint density at radius 3 is 2.30 bits per heavy atom. The monoisotopic (exact) mass is 1100 g/mol. The number of cyclic esters (lactones) is 1. The minimum atomic E-state index is -1.85. The maximum atomic E-state index is 14.9. The molecular weight excluding hydrogens is 1010 g/mol. The van der Waals surface area contributed by atoms with Crippen LogP contribution in [0.1, 0.15) is 113 Å². The molecule has 5 heterocycles. The van der Waals surface area contributed by atoms with Gasteiger partial charge in [-0.3, -0.25) is 9.80 Å². The van der Waals surface area contributed by atoms with Crippen LogP contribution in [0.5, 0.6) is 0 Å². The molecule has 0 saturated carbocycles. The Morgan fingerprint density at radius 2 is 1.70 bits per heavy atom. The van der Waals surface area contributed by atoms with Gasteiger partial charge in [0, 0.05) is 76.2 Å². The zero-order valence-corrected chi connectivity index (χ0v) is 47.9. The molecule has 6 rings (SSSR count). The molecule has 0 aliphatic carbocycles. The Balaban J connectivity index is 1.24. The van der Waals surface area contributed by atoms with Crippen molar-refractivity contribution in [2.45, 2.75) is 204 Å². The van der Waals surface area contributed by atoms with E-state index in [0.29, 0.717) is 31.1 Å². The lowest BCUT2D eigenvalue weighted by Crippen LogP contribution is -2.61. The molecule has 76 heavy (non-hydrogen) atoms. The van der Waals surface area contributed by atoms with Gasteiger partial charge in [0.25, 0.3) is 0 Å². The van der Waals surface area contributed by atoms with E-state index in [2.05, 4.69) is 15.9 Å². The van der Waals surface area contributed by atoms with E-state index >= 15 is 0 Å². The topological polar surface area (TPSA) is 256 Å². The number of carbonyl (C=O) groups is 1. The number of likely N-dealkylation sites (N-methyl/N-ethyl adjacent to an activating group) is 2. The number of nitrogens with zero attached hydrogens (tertiary/aromatic N) is 4. The van der Waals surface area contributed by atoms with Gasteiger partial charge in [0.1, 0.15) is 48.8 Å². The van der Waals surface area contributed by atoms with Crippen molar-refractivity contribution >= 4 is 22.4 Å². The van der Waals surface area contributed by atoms with Gasteiger partial charge < -0.3 is 79.6 Å². The first-order valence-electron chi connectivity index (χ1n) is 26.9. The van der Waals surface area contributed by atoms with Gasteiger partial charge in [-0.1, -0.05) is 56.4 Å². The number of nitrogen functional groups attached to an aromatic ring is 1. The molecule has 4 aliphatic rings. The van der Waals surface area contributed by atoms with Crippen molar-refractivity contribution in [3.8, 4) is 10.4 Å². The van der Waals surface area contributed by atoms with Crippen molar-refractivity contribution in [3.63, 3.8) is 0 Å². The first-order chi connectivity index (χ1) is 35.7. The van der Waals surface area contributed by atoms with Gasteiger partial charge in [0.05, 0.1) is 46.4 Å². The Hall–Kier alpha value is -3.17. The van der Waals surface area contributed by atoms with E-state index in [0.717, 1.165) is 21.7 Å². The summed E-state index contributed by atoms with van der Waals surface area (Å²) in [6.45, 7) is 17.6. The molecule has 0 spiro atoms. The van der Waals surface area contributed by atoms with Crippen LogP contribution in [0.2, 0.25) is 0 Å². The van der Waals surface area contributed by atoms with Crippen LogP contribution in [0.4, 0.5) is 9.52 Å². The molecule has 1 aromatic carbocycles. The number of hydrogen-bond acceptors (Lipinski definition) is 21. The molecule has 0 amide bonds. The van der Waals surface area contributed by atoms with E-state index in [-0.39, 0.29) is 25.2 Å². The third-order valence-corrected chi connectivity index (χ3v) is 17.5. The lowest BCUT2D eigenvalue weighted by Gasteiger charge is -2.49. The van der Waals surface area contributed by atoms with E-state index in [1.165, 1.54) is 25.4 Å². The van der Waals surface area contributed by atoms with Gasteiger partial charge >= 0.3 is 5.97 Å². The number of hydrogen-bond donors (Lipinski definition) is 8. The number of thiazole rings is 1. The number of carbonyl (C=O) groups excluding carboxylic acids is 1. The first kappa shape index (κ1) is 62.0. The molecule has 432 valence electrons. The second kappa shape index (κ2) is 26.0. The number of esters is 1. The summed E-state index contributed by atoms with van der Waals surface area (Å²) in [6, 6.07) is 5.92. The number of alkyl halides is 1. The quantitative estimate of drug-likeness (QED) is 0.109. The molecular formula is C54H90FN7O13S. The molecule has 0 radical (unpaired) electrons. The molecule has 3 saturated heterocycles. The number of aliphatic hydroxyl groups excluding tert-OH is 3. The summed E-state index contributed by atoms with van der Waals surface area (Å²) in [6.07, 6.45) is -5.98. The molecule has 0 unspecified atom stereocenters. The first-order valence-corrected chi connectivity index (χ1v) is 27.7. The highest BCUT2D eigenvalue weighted by Gasteiger charge is 2.53. The number of hydrazine groups is 2. The lowest BCUT2D eigenvalue weighted by molar-refractivity contribution is -0.318. The average molecular weight is 1100 g/mol. The Labute approximate surface area is 453 Å². The van der Waals surface area contributed by atoms with Crippen LogP contribution in [0, 0.1) is 17.8 Å². The maximum absolute atomic E-state index is 14.9. The van der Waals surface area contributed by atoms with Crippen LogP contribution in [-0.4, -0.2) is 196 Å². The molecule has 20 nitrogen and oxygen atoms in total. The van der Waals surface area contributed by atoms with Crippen LogP contribution in [0.25, 0.3) is 10.4 Å². The minimum Gasteiger partial charge on any atom is -0.459 e. The number of anilines is 1. The van der Waals surface area contributed by atoms with Crippen molar-refractivity contribution in [1.29, 1.82) is 0 Å². The molecule has 3 fully saturated rings. The predicted molar refractivity (Wildman–Crippen MR) is 285 cm³/mol. The number of benzene rings is 1. The fraction of sp³-hybridized carbons (Fsp3) is 0.778. The van der Waals surface area contributed by atoms with Crippen LogP contribution in [-0.2, 0) is 38.0 Å². The van der Waals surface area contributed by atoms with Crippen molar-refractivity contribution in [1.82, 2.24) is 30.8 Å². The summed E-state index contributed by atoms with van der Waals surface area (Å²) in [5.74, 6) is -2.87. The number of methoxy groups -OCH3 is 2. The smallest absolute Gasteiger partial charge is 0.311 e. The minimum absolute atomic E-state index is 0.0858. The molecule has 2 aromatic rings. The van der Waals surface area contributed by atoms with Crippen LogP contribution in [0.3, 0.4) is 0 Å². The molecule has 0 bridgehead atoms. The van der Waals surface area contributed by atoms with Gasteiger partial charge in [0.15, 0.2) is 17.7 Å². The largest absolute Gasteiger partial charge is 0.459 e. The predicted octanol–water partition coefficient (Wildman–Crippen LogP) is 4.26. The highest BCUT2D eigenvalue weighted by molar-refractivity contribution is 7.18. The van der Waals surface area contributed by atoms with E-state index in [9.17, 15) is 34.7 Å². The normalized spacial score (nSPS) is 39.4. The standard InChI is InChI=1S/C54H90FN7O13S/c1-15-41-54(10,68)46(64)33(6)61(12)27-29(2)23-52(8,67)48(31(4)44(32(5)49(66)73-41)74-42-24-53(9,70-14)47(65)34(7)72-42)75-50-43(63)38(22-30(3)71-50)60(11)21-20-37-28-62(59-58-37)39(25-55)45(69-13)36-18-16-35(17-19-36)40-26-57-51(56)76-40/h16-19,26,28-34,38-39,41-48,50,58-59,63-65,67-68H,15,20-25,27H2,1-14H3,(H2,56,57)/t29-,30-,31+,32-,33-,34+,38+,39-,41-,42+,43-,44+,45-,46-,47+,48-,50+,52-,53-,54-/m1/s1. The second-order valence-corrected chi connectivity index (χ2v) is 23.9. The number of nitrogens with two attached hydrogens (primary N) is 1. The fourth-order valence-corrected chi connectivity index (χ4v) is 12.6. The van der Waals surface area contributed by atoms with Gasteiger partial charge in [-0.15, -0.1) is 5.53 Å². The van der Waals surface area contributed by atoms with E-state index < -0.39 is 127 Å². The van der Waals surface area contributed by atoms with Crippen molar-refractivity contribution < 1.29 is 67.9 Å². The molecule has 9 N–H and O–H groups in total. The molecule has 1 aromatic heterocycles. The zero-order valence-electron chi connectivity index (χ0n) is 47.1. The van der Waals surface area contributed by atoms with Gasteiger partial charge in [0.2, 0.25) is 0 Å². The van der Waals surface area contributed by atoms with E-state index in [1.54, 1.807) is 66.8 Å². The highest BCUT2D eigenvalue weighted by atomic mass is 32.1. The van der Waals surface area contributed by atoms with Gasteiger partial charge in [-0.25, -0.2) is 9.37 Å². The fourth-order valence-electron chi connectivity index (χ4n) is 11.9. The average Bonchev–Trinajstić information content (AvgIpc) is 4.04. The van der Waals surface area contributed by atoms with Gasteiger partial charge in [-0.05, 0) is 98.9 Å². The zero-order chi connectivity index (χ0) is 56.2. The number of ether oxygens (including phenoxy) is 7. The number of halogens is 1.